The van der Waals surface area contributed by atoms with Crippen molar-refractivity contribution in [1.29, 1.82) is 0 Å². The molecule has 1 rings (SSSR count). The van der Waals surface area contributed by atoms with Crippen LogP contribution in [0.4, 0.5) is 0 Å². The van der Waals surface area contributed by atoms with E-state index in [0.717, 1.165) is 17.8 Å². The van der Waals surface area contributed by atoms with E-state index in [9.17, 15) is 0 Å². The van der Waals surface area contributed by atoms with Crippen molar-refractivity contribution >= 4 is 11.8 Å². The predicted molar refractivity (Wildman–Crippen MR) is 90.0 cm³/mol. The first-order valence-electron chi connectivity index (χ1n) is 8.39. The van der Waals surface area contributed by atoms with E-state index in [1.165, 1.54) is 57.2 Å². The lowest BCUT2D eigenvalue weighted by Crippen LogP contribution is -2.36. The molecule has 0 amide bonds. The largest absolute Gasteiger partial charge is 0.314 e. The lowest BCUT2D eigenvalue weighted by Gasteiger charge is -2.37. The van der Waals surface area contributed by atoms with Crippen molar-refractivity contribution < 1.29 is 0 Å². The fourth-order valence-corrected chi connectivity index (χ4v) is 4.05. The van der Waals surface area contributed by atoms with Gasteiger partial charge in [0.1, 0.15) is 0 Å². The van der Waals surface area contributed by atoms with Gasteiger partial charge in [-0.2, -0.15) is 11.8 Å². The third-order valence-electron chi connectivity index (χ3n) is 4.66. The highest BCUT2D eigenvalue weighted by Crippen LogP contribution is 2.38. The van der Waals surface area contributed by atoms with E-state index in [2.05, 4.69) is 32.3 Å². The summed E-state index contributed by atoms with van der Waals surface area (Å²) in [6.45, 7) is 8.13. The maximum Gasteiger partial charge on any atom is 0.00104 e. The van der Waals surface area contributed by atoms with Gasteiger partial charge < -0.3 is 5.32 Å². The van der Waals surface area contributed by atoms with E-state index in [1.54, 1.807) is 0 Å². The predicted octanol–water partition coefficient (Wildman–Crippen LogP) is 4.96. The molecule has 1 nitrogen and oxygen atoms in total. The zero-order chi connectivity index (χ0) is 14.1. The molecule has 0 radical (unpaired) electrons. The van der Waals surface area contributed by atoms with Crippen LogP contribution in [-0.2, 0) is 0 Å². The molecule has 19 heavy (non-hydrogen) atoms. The van der Waals surface area contributed by atoms with Crippen molar-refractivity contribution in [1.82, 2.24) is 5.32 Å². The molecule has 1 aliphatic carbocycles. The van der Waals surface area contributed by atoms with Gasteiger partial charge in [0.05, 0.1) is 0 Å². The van der Waals surface area contributed by atoms with Gasteiger partial charge in [-0.25, -0.2) is 0 Å². The molecule has 114 valence electrons. The van der Waals surface area contributed by atoms with Crippen molar-refractivity contribution in [3.8, 4) is 0 Å². The first kappa shape index (κ1) is 17.4. The smallest absolute Gasteiger partial charge is 0.00104 e. The number of thioether (sulfide) groups is 1. The van der Waals surface area contributed by atoms with E-state index < -0.39 is 0 Å². The SMILES string of the molecule is CCCC1CCC(CNC(C)C)C(CCCSC)C1. The van der Waals surface area contributed by atoms with Gasteiger partial charge in [-0.15, -0.1) is 0 Å². The number of hydrogen-bond donors (Lipinski definition) is 1. The number of nitrogens with one attached hydrogen (secondary N) is 1. The topological polar surface area (TPSA) is 12.0 Å². The minimum atomic E-state index is 0.639. The fraction of sp³-hybridized carbons (Fsp3) is 1.00. The highest BCUT2D eigenvalue weighted by Gasteiger charge is 2.29. The van der Waals surface area contributed by atoms with Gasteiger partial charge in [-0.3, -0.25) is 0 Å². The molecule has 0 saturated heterocycles. The second-order valence-electron chi connectivity index (χ2n) is 6.69. The zero-order valence-corrected chi connectivity index (χ0v) is 14.4. The molecule has 3 unspecified atom stereocenters. The summed E-state index contributed by atoms with van der Waals surface area (Å²) >= 11 is 2.01. The zero-order valence-electron chi connectivity index (χ0n) is 13.6. The van der Waals surface area contributed by atoms with E-state index in [1.807, 2.05) is 11.8 Å². The highest BCUT2D eigenvalue weighted by atomic mass is 32.2. The molecule has 0 aliphatic heterocycles. The third-order valence-corrected chi connectivity index (χ3v) is 5.35. The van der Waals surface area contributed by atoms with E-state index >= 15 is 0 Å². The van der Waals surface area contributed by atoms with Crippen molar-refractivity contribution in [2.24, 2.45) is 17.8 Å². The Morgan fingerprint density at radius 2 is 1.95 bits per heavy atom. The maximum atomic E-state index is 3.68. The summed E-state index contributed by atoms with van der Waals surface area (Å²) in [5.74, 6) is 4.31. The Bertz CT molecular complexity index is 217. The Morgan fingerprint density at radius 1 is 1.16 bits per heavy atom. The molecule has 0 aromatic rings. The Balaban J connectivity index is 2.42. The first-order valence-corrected chi connectivity index (χ1v) is 9.79. The summed E-state index contributed by atoms with van der Waals surface area (Å²) in [5, 5.41) is 3.68. The number of hydrogen-bond acceptors (Lipinski definition) is 2. The molecule has 1 aliphatic rings. The van der Waals surface area contributed by atoms with Crippen LogP contribution in [-0.4, -0.2) is 24.6 Å². The standard InChI is InChI=1S/C17H35NS/c1-5-7-15-9-10-17(13-18-14(2)3)16(12-15)8-6-11-19-4/h14-18H,5-13H2,1-4H3. The van der Waals surface area contributed by atoms with E-state index in [4.69, 9.17) is 0 Å². The molecular weight excluding hydrogens is 250 g/mol. The van der Waals surface area contributed by atoms with Gasteiger partial charge in [0.2, 0.25) is 0 Å². The fourth-order valence-electron chi connectivity index (χ4n) is 3.59. The van der Waals surface area contributed by atoms with Crippen molar-refractivity contribution in [2.75, 3.05) is 18.6 Å². The quantitative estimate of drug-likeness (QED) is 0.601. The Kier molecular flexibility index (Phi) is 9.23. The third kappa shape index (κ3) is 7.04. The molecule has 0 heterocycles. The molecule has 3 atom stereocenters. The summed E-state index contributed by atoms with van der Waals surface area (Å²) in [6.07, 6.45) is 12.4. The average Bonchev–Trinajstić information content (AvgIpc) is 2.38. The lowest BCUT2D eigenvalue weighted by molar-refractivity contribution is 0.157. The van der Waals surface area contributed by atoms with Crippen molar-refractivity contribution in [3.05, 3.63) is 0 Å². The normalized spacial score (nSPS) is 27.9. The van der Waals surface area contributed by atoms with Crippen LogP contribution in [0.1, 0.15) is 65.7 Å². The van der Waals surface area contributed by atoms with Crippen molar-refractivity contribution in [3.63, 3.8) is 0 Å². The average molecular weight is 286 g/mol. The van der Waals surface area contributed by atoms with Crippen molar-refractivity contribution in [2.45, 2.75) is 71.8 Å². The Morgan fingerprint density at radius 3 is 2.58 bits per heavy atom. The molecule has 1 fully saturated rings. The van der Waals surface area contributed by atoms with Crippen LogP contribution in [0.3, 0.4) is 0 Å². The van der Waals surface area contributed by atoms with Crippen LogP contribution < -0.4 is 5.32 Å². The van der Waals surface area contributed by atoms with E-state index in [-0.39, 0.29) is 0 Å². The molecule has 1 saturated carbocycles. The van der Waals surface area contributed by atoms with Crippen LogP contribution in [0.25, 0.3) is 0 Å². The Labute approximate surface area is 125 Å². The van der Waals surface area contributed by atoms with Gasteiger partial charge in [0, 0.05) is 6.04 Å². The summed E-state index contributed by atoms with van der Waals surface area (Å²) in [5.41, 5.74) is 0. The monoisotopic (exact) mass is 285 g/mol. The maximum absolute atomic E-state index is 3.68. The molecule has 0 bridgehead atoms. The van der Waals surface area contributed by atoms with Gasteiger partial charge in [-0.1, -0.05) is 40.0 Å². The minimum absolute atomic E-state index is 0.639. The molecule has 0 aromatic carbocycles. The first-order chi connectivity index (χ1) is 9.17. The summed E-state index contributed by atoms with van der Waals surface area (Å²) < 4.78 is 0. The van der Waals surface area contributed by atoms with Crippen LogP contribution >= 0.6 is 11.8 Å². The van der Waals surface area contributed by atoms with Crippen LogP contribution in [0.5, 0.6) is 0 Å². The van der Waals surface area contributed by atoms with Crippen LogP contribution in [0.2, 0.25) is 0 Å². The lowest BCUT2D eigenvalue weighted by atomic mass is 9.71. The highest BCUT2D eigenvalue weighted by molar-refractivity contribution is 7.98. The summed E-state index contributed by atoms with van der Waals surface area (Å²) in [6, 6.07) is 0.639. The Hall–Kier alpha value is 0.310. The second kappa shape index (κ2) is 10.1. The molecule has 2 heteroatoms. The number of rotatable bonds is 9. The van der Waals surface area contributed by atoms with Gasteiger partial charge >= 0.3 is 0 Å². The van der Waals surface area contributed by atoms with Gasteiger partial charge in [0.15, 0.2) is 0 Å². The molecule has 0 aromatic heterocycles. The van der Waals surface area contributed by atoms with Gasteiger partial charge in [-0.05, 0) is 62.0 Å². The van der Waals surface area contributed by atoms with Crippen LogP contribution in [0.15, 0.2) is 0 Å². The summed E-state index contributed by atoms with van der Waals surface area (Å²) in [4.78, 5) is 0. The van der Waals surface area contributed by atoms with Crippen LogP contribution in [0, 0.1) is 17.8 Å². The van der Waals surface area contributed by atoms with Gasteiger partial charge in [0.25, 0.3) is 0 Å². The minimum Gasteiger partial charge on any atom is -0.314 e. The summed E-state index contributed by atoms with van der Waals surface area (Å²) in [7, 11) is 0. The second-order valence-corrected chi connectivity index (χ2v) is 7.67. The molecule has 0 spiro atoms. The van der Waals surface area contributed by atoms with E-state index in [0.29, 0.717) is 6.04 Å². The molecule has 1 N–H and O–H groups in total. The molecular formula is C17H35NS.